The lowest BCUT2D eigenvalue weighted by atomic mass is 10.1. The van der Waals surface area contributed by atoms with Gasteiger partial charge in [-0.05, 0) is 67.9 Å². The van der Waals surface area contributed by atoms with Gasteiger partial charge in [0.05, 0.1) is 5.69 Å². The van der Waals surface area contributed by atoms with Gasteiger partial charge in [-0.2, -0.15) is 0 Å². The number of para-hydroxylation sites is 1. The smallest absolute Gasteiger partial charge is 0.281 e. The molecule has 2 heterocycles. The molecule has 0 aliphatic carbocycles. The summed E-state index contributed by atoms with van der Waals surface area (Å²) < 4.78 is 6.94. The van der Waals surface area contributed by atoms with Crippen molar-refractivity contribution in [1.29, 1.82) is 0 Å². The lowest BCUT2D eigenvalue weighted by molar-refractivity contribution is -0.121. The molecule has 2 amide bonds. The maximum atomic E-state index is 13.5. The molecule has 4 rings (SSSR count). The van der Waals surface area contributed by atoms with E-state index < -0.39 is 0 Å². The van der Waals surface area contributed by atoms with Crippen molar-refractivity contribution in [2.75, 3.05) is 32.2 Å². The predicted octanol–water partition coefficient (Wildman–Crippen LogP) is 4.02. The third-order valence-corrected chi connectivity index (χ3v) is 6.74. The Bertz CT molecular complexity index is 1330. The van der Waals surface area contributed by atoms with Crippen molar-refractivity contribution in [3.8, 4) is 0 Å². The Morgan fingerprint density at radius 1 is 1.14 bits per heavy atom. The van der Waals surface area contributed by atoms with Crippen LogP contribution in [0.2, 0.25) is 0 Å². The van der Waals surface area contributed by atoms with Crippen molar-refractivity contribution in [1.82, 2.24) is 14.8 Å². The second-order valence-corrected chi connectivity index (χ2v) is 9.07. The topological polar surface area (TPSA) is 66.8 Å². The number of methoxy groups -OCH3 is 1. The van der Waals surface area contributed by atoms with E-state index in [1.54, 1.807) is 24.0 Å². The molecule has 0 saturated carbocycles. The standard InChI is InChI=1S/C27H30N4O3S/c1-18-10-11-21(14-19(18)2)31-26(33)24(29(3)27(31)35)15-20-16-30(23-9-6-5-8-22(20)23)17-25(32)28-12-7-13-34-4/h5-6,8-11,14-16H,7,12-13,17H2,1-4H3,(H,28,32)/b24-15-. The Balaban J connectivity index is 1.64. The summed E-state index contributed by atoms with van der Waals surface area (Å²) in [6.45, 7) is 5.41. The SMILES string of the molecule is COCCCNC(=O)Cn1cc(/C=C2/C(=O)N(c3ccc(C)c(C)c3)C(=S)N2C)c2ccccc21. The zero-order valence-electron chi connectivity index (χ0n) is 20.5. The van der Waals surface area contributed by atoms with Crippen molar-refractivity contribution < 1.29 is 14.3 Å². The van der Waals surface area contributed by atoms with Crippen LogP contribution in [0.15, 0.2) is 54.4 Å². The molecule has 7 nitrogen and oxygen atoms in total. The predicted molar refractivity (Wildman–Crippen MR) is 143 cm³/mol. The normalized spacial score (nSPS) is 15.0. The van der Waals surface area contributed by atoms with Crippen LogP contribution >= 0.6 is 12.2 Å². The van der Waals surface area contributed by atoms with E-state index in [9.17, 15) is 9.59 Å². The Hall–Kier alpha value is -3.49. The summed E-state index contributed by atoms with van der Waals surface area (Å²) in [6.07, 6.45) is 4.53. The average Bonchev–Trinajstić information content (AvgIpc) is 3.28. The number of carbonyl (C=O) groups excluding carboxylic acids is 2. The number of nitrogens with one attached hydrogen (secondary N) is 1. The molecule has 1 aliphatic heterocycles. The minimum atomic E-state index is -0.173. The van der Waals surface area contributed by atoms with Crippen LogP contribution in [0.4, 0.5) is 5.69 Å². The van der Waals surface area contributed by atoms with Gasteiger partial charge < -0.3 is 19.5 Å². The Morgan fingerprint density at radius 3 is 2.66 bits per heavy atom. The molecule has 1 aromatic heterocycles. The lowest BCUT2D eigenvalue weighted by Crippen LogP contribution is -2.31. The van der Waals surface area contributed by atoms with E-state index in [1.807, 2.05) is 73.2 Å². The summed E-state index contributed by atoms with van der Waals surface area (Å²) in [5, 5.41) is 4.32. The largest absolute Gasteiger partial charge is 0.385 e. The molecular weight excluding hydrogens is 460 g/mol. The Morgan fingerprint density at radius 2 is 1.91 bits per heavy atom. The van der Waals surface area contributed by atoms with Crippen LogP contribution in [0.25, 0.3) is 17.0 Å². The maximum Gasteiger partial charge on any atom is 0.281 e. The minimum Gasteiger partial charge on any atom is -0.385 e. The summed E-state index contributed by atoms with van der Waals surface area (Å²) in [4.78, 5) is 29.3. The first-order valence-electron chi connectivity index (χ1n) is 11.6. The second-order valence-electron chi connectivity index (χ2n) is 8.71. The van der Waals surface area contributed by atoms with Gasteiger partial charge in [-0.15, -0.1) is 0 Å². The Labute approximate surface area is 211 Å². The van der Waals surface area contributed by atoms with Crippen LogP contribution < -0.4 is 10.2 Å². The maximum absolute atomic E-state index is 13.5. The van der Waals surface area contributed by atoms with E-state index in [0.717, 1.165) is 39.7 Å². The number of carbonyl (C=O) groups is 2. The van der Waals surface area contributed by atoms with Crippen molar-refractivity contribution in [2.24, 2.45) is 0 Å². The summed E-state index contributed by atoms with van der Waals surface area (Å²) in [6, 6.07) is 13.8. The number of aromatic nitrogens is 1. The molecule has 0 bridgehead atoms. The Kier molecular flexibility index (Phi) is 7.33. The third-order valence-electron chi connectivity index (χ3n) is 6.28. The van der Waals surface area contributed by atoms with Crippen LogP contribution in [0, 0.1) is 13.8 Å². The van der Waals surface area contributed by atoms with E-state index in [2.05, 4.69) is 5.32 Å². The number of aryl methyl sites for hydroxylation is 2. The van der Waals surface area contributed by atoms with Crippen molar-refractivity contribution in [2.45, 2.75) is 26.8 Å². The average molecular weight is 491 g/mol. The molecule has 1 saturated heterocycles. The molecule has 0 spiro atoms. The van der Waals surface area contributed by atoms with Gasteiger partial charge in [-0.25, -0.2) is 0 Å². The number of thiocarbonyl (C=S) groups is 1. The molecule has 1 aliphatic rings. The number of anilines is 1. The third kappa shape index (κ3) is 4.99. The van der Waals surface area contributed by atoms with Gasteiger partial charge in [0.25, 0.3) is 5.91 Å². The molecule has 2 aromatic carbocycles. The minimum absolute atomic E-state index is 0.0720. The van der Waals surface area contributed by atoms with Gasteiger partial charge in [-0.3, -0.25) is 14.5 Å². The number of rotatable bonds is 8. The number of amides is 2. The van der Waals surface area contributed by atoms with E-state index in [4.69, 9.17) is 17.0 Å². The van der Waals surface area contributed by atoms with Gasteiger partial charge >= 0.3 is 0 Å². The molecule has 0 unspecified atom stereocenters. The monoisotopic (exact) mass is 490 g/mol. The van der Waals surface area contributed by atoms with Crippen LogP contribution in [-0.2, 0) is 20.9 Å². The van der Waals surface area contributed by atoms with Crippen molar-refractivity contribution in [3.63, 3.8) is 0 Å². The number of likely N-dealkylation sites (N-methyl/N-ethyl adjacent to an activating group) is 1. The van der Waals surface area contributed by atoms with Crippen LogP contribution in [0.3, 0.4) is 0 Å². The van der Waals surface area contributed by atoms with Crippen LogP contribution in [-0.4, -0.2) is 53.7 Å². The van der Waals surface area contributed by atoms with Gasteiger partial charge in [0, 0.05) is 50.0 Å². The van der Waals surface area contributed by atoms with Gasteiger partial charge in [0.1, 0.15) is 12.2 Å². The molecule has 3 aromatic rings. The van der Waals surface area contributed by atoms with E-state index in [-0.39, 0.29) is 18.4 Å². The highest BCUT2D eigenvalue weighted by Gasteiger charge is 2.37. The van der Waals surface area contributed by atoms with Crippen molar-refractivity contribution >= 4 is 51.8 Å². The number of hydrogen-bond acceptors (Lipinski definition) is 4. The highest BCUT2D eigenvalue weighted by atomic mass is 32.1. The first-order chi connectivity index (χ1) is 16.8. The fourth-order valence-electron chi connectivity index (χ4n) is 4.17. The highest BCUT2D eigenvalue weighted by molar-refractivity contribution is 7.80. The van der Waals surface area contributed by atoms with Gasteiger partial charge in [0.2, 0.25) is 5.91 Å². The zero-order chi connectivity index (χ0) is 25.1. The summed E-state index contributed by atoms with van der Waals surface area (Å²) in [5.41, 5.74) is 5.28. The molecule has 0 radical (unpaired) electrons. The van der Waals surface area contributed by atoms with Crippen LogP contribution in [0.5, 0.6) is 0 Å². The highest BCUT2D eigenvalue weighted by Crippen LogP contribution is 2.31. The number of nitrogens with zero attached hydrogens (tertiary/aromatic N) is 3. The fraction of sp³-hybridized carbons (Fsp3) is 0.296. The molecule has 35 heavy (non-hydrogen) atoms. The van der Waals surface area contributed by atoms with Gasteiger partial charge in [0.15, 0.2) is 5.11 Å². The van der Waals surface area contributed by atoms with Gasteiger partial charge in [-0.1, -0.05) is 24.3 Å². The molecule has 0 atom stereocenters. The number of ether oxygens (including phenoxy) is 1. The van der Waals surface area contributed by atoms with E-state index in [1.165, 1.54) is 0 Å². The van der Waals surface area contributed by atoms with E-state index in [0.29, 0.717) is 24.0 Å². The number of hydrogen-bond donors (Lipinski definition) is 1. The fourth-order valence-corrected chi connectivity index (χ4v) is 4.46. The quantitative estimate of drug-likeness (QED) is 0.294. The number of benzene rings is 2. The summed E-state index contributed by atoms with van der Waals surface area (Å²) in [5.74, 6) is -0.245. The number of fused-ring (bicyclic) bond motifs is 1. The van der Waals surface area contributed by atoms with Crippen LogP contribution in [0.1, 0.15) is 23.1 Å². The molecule has 1 N–H and O–H groups in total. The lowest BCUT2D eigenvalue weighted by Gasteiger charge is -2.17. The second kappa shape index (κ2) is 10.4. The summed E-state index contributed by atoms with van der Waals surface area (Å²) >= 11 is 5.63. The molecule has 182 valence electrons. The molecule has 8 heteroatoms. The first kappa shape index (κ1) is 24.6. The molecular formula is C27H30N4O3S. The van der Waals surface area contributed by atoms with E-state index >= 15 is 0 Å². The van der Waals surface area contributed by atoms with Crippen molar-refractivity contribution in [3.05, 3.63) is 71.0 Å². The molecule has 1 fully saturated rings. The first-order valence-corrected chi connectivity index (χ1v) is 12.0. The summed E-state index contributed by atoms with van der Waals surface area (Å²) in [7, 11) is 3.45. The zero-order valence-corrected chi connectivity index (χ0v) is 21.3.